The van der Waals surface area contributed by atoms with Crippen LogP contribution < -0.4 is 5.73 Å². The van der Waals surface area contributed by atoms with Crippen LogP contribution in [-0.2, 0) is 17.0 Å². The van der Waals surface area contributed by atoms with Crippen molar-refractivity contribution in [2.75, 3.05) is 7.05 Å². The van der Waals surface area contributed by atoms with Crippen molar-refractivity contribution >= 4 is 11.9 Å². The number of nitriles is 1. The Morgan fingerprint density at radius 3 is 2.65 bits per heavy atom. The summed E-state index contributed by atoms with van der Waals surface area (Å²) >= 11 is 0. The second kappa shape index (κ2) is 7.57. The minimum Gasteiger partial charge on any atom is -0.369 e. The second-order valence-corrected chi connectivity index (χ2v) is 6.98. The van der Waals surface area contributed by atoms with Crippen LogP contribution in [0.2, 0.25) is 0 Å². The fourth-order valence-corrected chi connectivity index (χ4v) is 3.58. The van der Waals surface area contributed by atoms with Gasteiger partial charge in [0.15, 0.2) is 11.5 Å². The number of nitrogens with two attached hydrogens (primary N) is 1. The first kappa shape index (κ1) is 20.1. The molecule has 7 nitrogen and oxygen atoms in total. The summed E-state index contributed by atoms with van der Waals surface area (Å²) in [6, 6.07) is 10.6. The smallest absolute Gasteiger partial charge is 0.266 e. The number of nitrogens with zero attached hydrogens (tertiary/aromatic N) is 5. The monoisotopic (exact) mass is 418 g/mol. The standard InChI is InChI=1S/C22H16F2N6O/c1-30-20(31)22(29-21(30)26,16-4-5-28-17(7-16)9-23)15-2-3-19(24)18(8-15)14-6-13(10-25)11-27-12-14/h2-8,11-12H,9H2,1H3,(H2,26,29). The van der Waals surface area contributed by atoms with E-state index < -0.39 is 23.9 Å². The van der Waals surface area contributed by atoms with Gasteiger partial charge in [-0.3, -0.25) is 19.7 Å². The Hall–Kier alpha value is -4.19. The van der Waals surface area contributed by atoms with E-state index in [1.54, 1.807) is 6.07 Å². The van der Waals surface area contributed by atoms with Gasteiger partial charge in [-0.2, -0.15) is 5.26 Å². The lowest BCUT2D eigenvalue weighted by atomic mass is 9.81. The molecule has 0 saturated carbocycles. The summed E-state index contributed by atoms with van der Waals surface area (Å²) in [6.07, 6.45) is 4.17. The van der Waals surface area contributed by atoms with Gasteiger partial charge in [-0.1, -0.05) is 6.07 Å². The molecule has 9 heteroatoms. The molecule has 1 amide bonds. The zero-order valence-electron chi connectivity index (χ0n) is 16.4. The molecule has 0 fully saturated rings. The highest BCUT2D eigenvalue weighted by Gasteiger charge is 2.49. The predicted octanol–water partition coefficient (Wildman–Crippen LogP) is 2.65. The third-order valence-electron chi connectivity index (χ3n) is 5.17. The molecule has 1 aliphatic rings. The molecule has 4 rings (SSSR count). The van der Waals surface area contributed by atoms with Gasteiger partial charge < -0.3 is 5.73 Å². The molecule has 0 radical (unpaired) electrons. The first-order chi connectivity index (χ1) is 14.9. The average molecular weight is 418 g/mol. The summed E-state index contributed by atoms with van der Waals surface area (Å²) in [5.41, 5.74) is 5.90. The highest BCUT2D eigenvalue weighted by atomic mass is 19.1. The lowest BCUT2D eigenvalue weighted by Gasteiger charge is -2.27. The third-order valence-corrected chi connectivity index (χ3v) is 5.17. The molecule has 0 bridgehead atoms. The number of carbonyl (C=O) groups excluding carboxylic acids is 1. The number of guanidine groups is 1. The van der Waals surface area contributed by atoms with Crippen LogP contribution in [0.3, 0.4) is 0 Å². The molecule has 154 valence electrons. The number of amides is 1. The van der Waals surface area contributed by atoms with Crippen LogP contribution >= 0.6 is 0 Å². The summed E-state index contributed by atoms with van der Waals surface area (Å²) in [7, 11) is 1.48. The van der Waals surface area contributed by atoms with Gasteiger partial charge in [0.1, 0.15) is 18.6 Å². The summed E-state index contributed by atoms with van der Waals surface area (Å²) in [6.45, 7) is -0.825. The Bertz CT molecular complexity index is 1270. The number of aromatic nitrogens is 2. The highest BCUT2D eigenvalue weighted by molar-refractivity contribution is 6.09. The van der Waals surface area contributed by atoms with Crippen LogP contribution in [0.5, 0.6) is 0 Å². The van der Waals surface area contributed by atoms with Crippen LogP contribution in [-0.4, -0.2) is 33.8 Å². The van der Waals surface area contributed by atoms with Gasteiger partial charge in [-0.25, -0.2) is 13.8 Å². The quantitative estimate of drug-likeness (QED) is 0.701. The SMILES string of the molecule is CN1C(=O)C(c2ccnc(CF)c2)(c2ccc(F)c(-c3cncc(C#N)c3)c2)N=C1N. The number of pyridine rings is 2. The number of hydrogen-bond acceptors (Lipinski definition) is 6. The third kappa shape index (κ3) is 3.18. The van der Waals surface area contributed by atoms with E-state index in [0.29, 0.717) is 16.7 Å². The van der Waals surface area contributed by atoms with E-state index >= 15 is 0 Å². The number of hydrogen-bond donors (Lipinski definition) is 1. The molecular weight excluding hydrogens is 402 g/mol. The number of aliphatic imine (C=N–C) groups is 1. The normalized spacial score (nSPS) is 18.1. The first-order valence-electron chi connectivity index (χ1n) is 9.21. The number of rotatable bonds is 4. The fraction of sp³-hybridized carbons (Fsp3) is 0.136. The number of alkyl halides is 1. The van der Waals surface area contributed by atoms with Crippen molar-refractivity contribution in [1.29, 1.82) is 5.26 Å². The lowest BCUT2D eigenvalue weighted by molar-refractivity contribution is -0.129. The molecule has 2 N–H and O–H groups in total. The Balaban J connectivity index is 1.97. The number of halogens is 2. The van der Waals surface area contributed by atoms with Gasteiger partial charge in [-0.15, -0.1) is 0 Å². The largest absolute Gasteiger partial charge is 0.369 e. The molecule has 0 aliphatic carbocycles. The number of carbonyl (C=O) groups is 1. The molecule has 1 atom stereocenters. The minimum absolute atomic E-state index is 0.0253. The van der Waals surface area contributed by atoms with Gasteiger partial charge >= 0.3 is 0 Å². The van der Waals surface area contributed by atoms with E-state index in [-0.39, 0.29) is 22.8 Å². The minimum atomic E-state index is -1.63. The average Bonchev–Trinajstić information content (AvgIpc) is 3.04. The first-order valence-corrected chi connectivity index (χ1v) is 9.21. The van der Waals surface area contributed by atoms with Gasteiger partial charge in [-0.05, 0) is 41.5 Å². The number of benzene rings is 1. The summed E-state index contributed by atoms with van der Waals surface area (Å²) in [5, 5.41) is 9.14. The topological polar surface area (TPSA) is 108 Å². The van der Waals surface area contributed by atoms with Crippen LogP contribution in [0.25, 0.3) is 11.1 Å². The van der Waals surface area contributed by atoms with Crippen molar-refractivity contribution in [1.82, 2.24) is 14.9 Å². The Kier molecular flexibility index (Phi) is 4.91. The predicted molar refractivity (Wildman–Crippen MR) is 109 cm³/mol. The summed E-state index contributed by atoms with van der Waals surface area (Å²) in [4.78, 5) is 26.9. The maximum atomic E-state index is 14.7. The zero-order valence-corrected chi connectivity index (χ0v) is 16.4. The van der Waals surface area contributed by atoms with E-state index in [2.05, 4.69) is 15.0 Å². The summed E-state index contributed by atoms with van der Waals surface area (Å²) in [5.74, 6) is -1.06. The molecular formula is C22H16F2N6O. The number of likely N-dealkylation sites (N-methyl/N-ethyl adjacent to an activating group) is 1. The molecule has 0 saturated heterocycles. The van der Waals surface area contributed by atoms with E-state index in [9.17, 15) is 13.6 Å². The van der Waals surface area contributed by atoms with E-state index in [1.807, 2.05) is 6.07 Å². The molecule has 31 heavy (non-hydrogen) atoms. The van der Waals surface area contributed by atoms with Gasteiger partial charge in [0, 0.05) is 36.8 Å². The Labute approximate surface area is 176 Å². The van der Waals surface area contributed by atoms with Crippen LogP contribution in [0, 0.1) is 17.1 Å². The molecule has 1 aromatic carbocycles. The van der Waals surface area contributed by atoms with E-state index in [1.165, 1.54) is 60.9 Å². The fourth-order valence-electron chi connectivity index (χ4n) is 3.58. The van der Waals surface area contributed by atoms with Gasteiger partial charge in [0.05, 0.1) is 11.3 Å². The van der Waals surface area contributed by atoms with E-state index in [0.717, 1.165) is 0 Å². The molecule has 1 aliphatic heterocycles. The van der Waals surface area contributed by atoms with Crippen LogP contribution in [0.1, 0.15) is 22.4 Å². The van der Waals surface area contributed by atoms with E-state index in [4.69, 9.17) is 11.0 Å². The Morgan fingerprint density at radius 2 is 1.97 bits per heavy atom. The maximum Gasteiger partial charge on any atom is 0.266 e. The van der Waals surface area contributed by atoms with Crippen molar-refractivity contribution in [3.63, 3.8) is 0 Å². The van der Waals surface area contributed by atoms with Crippen molar-refractivity contribution in [3.8, 4) is 17.2 Å². The van der Waals surface area contributed by atoms with Crippen molar-refractivity contribution < 1.29 is 13.6 Å². The molecule has 3 heterocycles. The van der Waals surface area contributed by atoms with Crippen LogP contribution in [0.15, 0.2) is 60.0 Å². The second-order valence-electron chi connectivity index (χ2n) is 6.98. The van der Waals surface area contributed by atoms with Crippen molar-refractivity contribution in [2.45, 2.75) is 12.2 Å². The molecule has 3 aromatic rings. The summed E-state index contributed by atoms with van der Waals surface area (Å²) < 4.78 is 28.0. The maximum absolute atomic E-state index is 14.7. The van der Waals surface area contributed by atoms with Gasteiger partial charge in [0.2, 0.25) is 0 Å². The van der Waals surface area contributed by atoms with Crippen LogP contribution in [0.4, 0.5) is 8.78 Å². The zero-order chi connectivity index (χ0) is 22.2. The van der Waals surface area contributed by atoms with Crippen molar-refractivity contribution in [3.05, 3.63) is 83.2 Å². The molecule has 2 aromatic heterocycles. The highest BCUT2D eigenvalue weighted by Crippen LogP contribution is 2.41. The lowest BCUT2D eigenvalue weighted by Crippen LogP contribution is -2.41. The molecule has 1 unspecified atom stereocenters. The van der Waals surface area contributed by atoms with Gasteiger partial charge in [0.25, 0.3) is 5.91 Å². The molecule has 0 spiro atoms. The van der Waals surface area contributed by atoms with Crippen molar-refractivity contribution in [2.24, 2.45) is 10.7 Å². The Morgan fingerprint density at radius 1 is 1.19 bits per heavy atom.